The number of carbonyl (C=O) groups is 4. The van der Waals surface area contributed by atoms with Gasteiger partial charge in [0.25, 0.3) is 6.47 Å². The first-order valence-electron chi connectivity index (χ1n) is 19.8. The summed E-state index contributed by atoms with van der Waals surface area (Å²) < 4.78 is 5.85. The van der Waals surface area contributed by atoms with Gasteiger partial charge in [0.1, 0.15) is 17.3 Å². The molecule has 2 atom stereocenters. The largest absolute Gasteiger partial charge is 0.483 e. The van der Waals surface area contributed by atoms with Crippen LogP contribution in [0.2, 0.25) is 0 Å². The number of allylic oxidation sites excluding steroid dienone is 4. The van der Waals surface area contributed by atoms with Crippen LogP contribution < -0.4 is 15.4 Å². The Kier molecular flexibility index (Phi) is 47.3. The Morgan fingerprint density at radius 2 is 1.50 bits per heavy atom. The Labute approximate surface area is 364 Å². The van der Waals surface area contributed by atoms with Gasteiger partial charge in [0.2, 0.25) is 12.3 Å². The molecule has 0 aliphatic rings. The third-order valence-corrected chi connectivity index (χ3v) is 7.71. The fourth-order valence-corrected chi connectivity index (χ4v) is 4.90. The van der Waals surface area contributed by atoms with Crippen LogP contribution in [0, 0.1) is 5.41 Å². The molecular formula is C44H70Cl2N4O7S. The third-order valence-electron chi connectivity index (χ3n) is 7.10. The Hall–Kier alpha value is -4.26. The predicted octanol–water partition coefficient (Wildman–Crippen LogP) is 11.1. The molecule has 0 heterocycles. The highest BCUT2D eigenvalue weighted by atomic mass is 35.5. The minimum atomic E-state index is -0.982. The molecule has 11 nitrogen and oxygen atoms in total. The van der Waals surface area contributed by atoms with Crippen molar-refractivity contribution in [3.8, 4) is 11.5 Å². The number of nitrogens with one attached hydrogen (secondary N) is 3. The summed E-state index contributed by atoms with van der Waals surface area (Å²) in [6, 6.07) is 13.6. The summed E-state index contributed by atoms with van der Waals surface area (Å²) in [6.45, 7) is 16.6. The number of nitrogens with zero attached hydrogens (tertiary/aromatic N) is 1. The van der Waals surface area contributed by atoms with Gasteiger partial charge in [-0.2, -0.15) is 12.6 Å². The van der Waals surface area contributed by atoms with Gasteiger partial charge in [-0.25, -0.2) is 4.79 Å². The number of hydrogen-bond donors (Lipinski definition) is 6. The number of thiol groups is 1. The predicted molar refractivity (Wildman–Crippen MR) is 247 cm³/mol. The maximum atomic E-state index is 12.7. The van der Waals surface area contributed by atoms with Gasteiger partial charge in [-0.1, -0.05) is 103 Å². The van der Waals surface area contributed by atoms with E-state index < -0.39 is 12.0 Å². The Bertz CT molecular complexity index is 1390. The zero-order valence-corrected chi connectivity index (χ0v) is 38.2. The van der Waals surface area contributed by atoms with Gasteiger partial charge in [-0.15, -0.1) is 11.6 Å². The lowest BCUT2D eigenvalue weighted by Gasteiger charge is -2.28. The van der Waals surface area contributed by atoms with Gasteiger partial charge in [-0.05, 0) is 93.3 Å². The summed E-state index contributed by atoms with van der Waals surface area (Å²) in [7, 11) is 0. The van der Waals surface area contributed by atoms with Crippen molar-refractivity contribution in [1.82, 2.24) is 15.5 Å². The topological polar surface area (TPSA) is 169 Å². The van der Waals surface area contributed by atoms with E-state index in [-0.39, 0.29) is 24.0 Å². The number of carboxylic acids is 1. The lowest BCUT2D eigenvalue weighted by molar-refractivity contribution is -0.123. The van der Waals surface area contributed by atoms with Crippen LogP contribution in [0.5, 0.6) is 11.5 Å². The van der Waals surface area contributed by atoms with Crippen molar-refractivity contribution in [2.45, 2.75) is 119 Å². The van der Waals surface area contributed by atoms with Crippen molar-refractivity contribution in [2.75, 3.05) is 18.2 Å². The van der Waals surface area contributed by atoms with Crippen molar-refractivity contribution in [1.29, 1.82) is 5.41 Å². The number of amides is 2. The Morgan fingerprint density at radius 1 is 0.948 bits per heavy atom. The van der Waals surface area contributed by atoms with E-state index in [4.69, 9.17) is 48.4 Å². The Morgan fingerprint density at radius 3 is 1.93 bits per heavy atom. The number of ether oxygens (including phenoxy) is 1. The fourth-order valence-electron chi connectivity index (χ4n) is 4.24. The van der Waals surface area contributed by atoms with Crippen LogP contribution in [0.15, 0.2) is 84.6 Å². The van der Waals surface area contributed by atoms with Crippen LogP contribution in [0.4, 0.5) is 0 Å². The van der Waals surface area contributed by atoms with Crippen molar-refractivity contribution in [2.24, 2.45) is 0 Å². The number of benzene rings is 2. The normalized spacial score (nSPS) is 10.9. The molecule has 0 radical (unpaired) electrons. The van der Waals surface area contributed by atoms with Gasteiger partial charge >= 0.3 is 5.97 Å². The van der Waals surface area contributed by atoms with Crippen LogP contribution in [0.1, 0.15) is 116 Å². The summed E-state index contributed by atoms with van der Waals surface area (Å²) in [5, 5.41) is 30.6. The van der Waals surface area contributed by atoms with Crippen LogP contribution in [0.3, 0.4) is 0 Å². The smallest absolute Gasteiger partial charge is 0.335 e. The number of carbonyl (C=O) groups excluding carboxylic acids is 2. The van der Waals surface area contributed by atoms with E-state index in [9.17, 15) is 14.4 Å². The number of alkyl halides is 1. The minimum Gasteiger partial charge on any atom is -0.483 e. The third kappa shape index (κ3) is 34.9. The highest BCUT2D eigenvalue weighted by molar-refractivity contribution is 7.80. The van der Waals surface area contributed by atoms with E-state index in [1.165, 1.54) is 17.7 Å². The maximum Gasteiger partial charge on any atom is 0.335 e. The number of halogens is 2. The van der Waals surface area contributed by atoms with Crippen LogP contribution in [0.25, 0.3) is 0 Å². The van der Waals surface area contributed by atoms with E-state index in [2.05, 4.69) is 37.1 Å². The number of unbranched alkanes of at least 4 members (excludes halogenated alkanes) is 3. The molecule has 0 saturated heterocycles. The second-order valence-corrected chi connectivity index (χ2v) is 12.5. The maximum absolute atomic E-state index is 12.7. The van der Waals surface area contributed by atoms with E-state index >= 15 is 0 Å². The zero-order chi connectivity index (χ0) is 45.0. The lowest BCUT2D eigenvalue weighted by Crippen LogP contribution is -2.48. The molecule has 0 aliphatic carbocycles. The highest BCUT2D eigenvalue weighted by Gasteiger charge is 2.22. The average molecular weight is 870 g/mol. The van der Waals surface area contributed by atoms with Gasteiger partial charge < -0.3 is 30.5 Å². The summed E-state index contributed by atoms with van der Waals surface area (Å²) >= 11 is 14.2. The molecule has 2 aromatic carbocycles. The quantitative estimate of drug-likeness (QED) is 0.0137. The molecule has 58 heavy (non-hydrogen) atoms. The van der Waals surface area contributed by atoms with Crippen LogP contribution >= 0.6 is 35.8 Å². The molecule has 0 saturated carbocycles. The molecule has 5 N–H and O–H groups in total. The number of aromatic carboxylic acids is 1. The van der Waals surface area contributed by atoms with Crippen LogP contribution in [-0.2, 0) is 20.8 Å². The van der Waals surface area contributed by atoms with E-state index in [0.29, 0.717) is 49.0 Å². The summed E-state index contributed by atoms with van der Waals surface area (Å²) in [6.07, 6.45) is 16.8. The molecule has 0 bridgehead atoms. The molecule has 0 fully saturated rings. The number of amidine groups is 1. The molecule has 0 aliphatic heterocycles. The molecule has 0 aromatic heterocycles. The SMILES string of the molecule is C/C=C/C=C/N(CCCC)C(=N)C(Cc1ccc(Oc2ccc(C(=O)O)cc2)cc1)NC(=O)CCCCC.CC.CC.CC(CCS)NC=O.Cl/C=C/CCl.O=CO. The zero-order valence-electron chi connectivity index (χ0n) is 35.8. The molecule has 2 amide bonds. The second kappa shape index (κ2) is 45.4. The van der Waals surface area contributed by atoms with Crippen molar-refractivity contribution in [3.05, 3.63) is 95.7 Å². The van der Waals surface area contributed by atoms with Gasteiger partial charge in [0.15, 0.2) is 0 Å². The van der Waals surface area contributed by atoms with E-state index in [0.717, 1.165) is 49.8 Å². The first kappa shape index (κ1) is 60.4. The second-order valence-electron chi connectivity index (χ2n) is 11.5. The average Bonchev–Trinajstić information content (AvgIpc) is 3.22. The standard InChI is InChI=1S/C31H41N3O4.C5H11NOS.C3H4Cl2.2C2H6.CH2O2/c1-4-7-10-12-29(35)33-28(30(32)34(21-9-6-3)22-11-8-5-2)23-24-13-17-26(18-14-24)38-27-19-15-25(16-20-27)31(36)37;1-5(2-3-8)6-4-7;4-2-1-3-5;2*1-2;2-1-3/h5,8,11,13-20,22,28,32H,4,6-7,9-10,12,21,23H2,1-3H3,(H,33,35)(H,36,37);4-5,8H,2-3H2,1H3,(H,6,7);1-2H,3H2;2*1-2H3;1H,(H,2,3)/b8-5+,22-11+,32-30?;;2-1+;;;. The van der Waals surface area contributed by atoms with Gasteiger partial charge in [0, 0.05) is 36.6 Å². The minimum absolute atomic E-state index is 0.0363. The summed E-state index contributed by atoms with van der Waals surface area (Å²) in [5.74, 6) is 1.83. The van der Waals surface area contributed by atoms with Crippen molar-refractivity contribution < 1.29 is 34.1 Å². The monoisotopic (exact) mass is 868 g/mol. The molecular weight excluding hydrogens is 799 g/mol. The van der Waals surface area contributed by atoms with Crippen LogP contribution in [-0.4, -0.2) is 76.0 Å². The molecule has 2 unspecified atom stereocenters. The Balaban J connectivity index is -0.000000604. The van der Waals surface area contributed by atoms with Gasteiger partial charge in [-0.3, -0.25) is 19.8 Å². The molecule has 328 valence electrons. The highest BCUT2D eigenvalue weighted by Crippen LogP contribution is 2.23. The molecule has 2 aromatic rings. The number of hydrogen-bond acceptors (Lipinski definition) is 7. The van der Waals surface area contributed by atoms with Gasteiger partial charge in [0.05, 0.1) is 11.6 Å². The molecule has 14 heteroatoms. The van der Waals surface area contributed by atoms with E-state index in [1.807, 2.05) is 95.1 Å². The molecule has 0 spiro atoms. The number of rotatable bonds is 21. The summed E-state index contributed by atoms with van der Waals surface area (Å²) in [5.41, 5.74) is 2.56. The van der Waals surface area contributed by atoms with Crippen molar-refractivity contribution >= 4 is 66.4 Å². The first-order valence-corrected chi connectivity index (χ1v) is 21.4. The summed E-state index contributed by atoms with van der Waals surface area (Å²) in [4.78, 5) is 43.8. The van der Waals surface area contributed by atoms with Crippen molar-refractivity contribution in [3.63, 3.8) is 0 Å². The lowest BCUT2D eigenvalue weighted by atomic mass is 10.0. The first-order chi connectivity index (χ1) is 28.0. The van der Waals surface area contributed by atoms with E-state index in [1.54, 1.807) is 18.2 Å². The molecule has 2 rings (SSSR count). The fraction of sp³-hybridized carbons (Fsp3) is 0.477. The number of carboxylic acid groups (broad SMARTS) is 2.